The highest BCUT2D eigenvalue weighted by Gasteiger charge is 2.21. The summed E-state index contributed by atoms with van der Waals surface area (Å²) in [6.07, 6.45) is 4.99. The Balaban J connectivity index is 2.56. The maximum Gasteiger partial charge on any atom is 0.420 e. The van der Waals surface area contributed by atoms with Crippen molar-refractivity contribution >= 4 is 17.0 Å². The Morgan fingerprint density at radius 2 is 2.00 bits per heavy atom. The van der Waals surface area contributed by atoms with Crippen LogP contribution in [0.1, 0.15) is 26.5 Å². The maximum absolute atomic E-state index is 12.2. The molecule has 0 aliphatic heterocycles. The minimum absolute atomic E-state index is 0.448. The van der Waals surface area contributed by atoms with Gasteiger partial charge < -0.3 is 4.74 Å². The number of carbonyl (C=O) groups excluding carboxylic acids is 1. The van der Waals surface area contributed by atoms with Crippen molar-refractivity contribution in [2.24, 2.45) is 0 Å². The van der Waals surface area contributed by atoms with E-state index in [0.717, 1.165) is 10.9 Å². The van der Waals surface area contributed by atoms with Gasteiger partial charge in [0.2, 0.25) is 0 Å². The Morgan fingerprint density at radius 3 is 2.61 bits per heavy atom. The quantitative estimate of drug-likeness (QED) is 0.662. The minimum Gasteiger partial charge on any atom is -0.443 e. The molecule has 0 saturated carbocycles. The summed E-state index contributed by atoms with van der Waals surface area (Å²) in [4.78, 5) is 12.2. The van der Waals surface area contributed by atoms with Crippen LogP contribution in [-0.4, -0.2) is 16.3 Å². The van der Waals surface area contributed by atoms with Gasteiger partial charge in [0.15, 0.2) is 0 Å². The first-order valence-corrected chi connectivity index (χ1v) is 5.73. The Bertz CT molecular complexity index is 639. The van der Waals surface area contributed by atoms with Gasteiger partial charge in [0.25, 0.3) is 0 Å². The summed E-state index contributed by atoms with van der Waals surface area (Å²) >= 11 is 0. The molecule has 0 amide bonds. The van der Waals surface area contributed by atoms with E-state index in [-0.39, 0.29) is 0 Å². The van der Waals surface area contributed by atoms with Crippen LogP contribution in [0.2, 0.25) is 0 Å². The summed E-state index contributed by atoms with van der Waals surface area (Å²) in [5.41, 5.74) is 0.721. The van der Waals surface area contributed by atoms with Gasteiger partial charge in [-0.1, -0.05) is 24.1 Å². The maximum atomic E-state index is 12.2. The number of para-hydroxylation sites is 1. The van der Waals surface area contributed by atoms with Crippen LogP contribution in [-0.2, 0) is 4.74 Å². The van der Waals surface area contributed by atoms with Gasteiger partial charge in [0.05, 0.1) is 5.52 Å². The average Bonchev–Trinajstić information content (AvgIpc) is 2.64. The number of carbonyl (C=O) groups is 1. The molecule has 1 aromatic carbocycles. The summed E-state index contributed by atoms with van der Waals surface area (Å²) in [7, 11) is 0. The predicted octanol–water partition coefficient (Wildman–Crippen LogP) is 3.41. The third-order valence-electron chi connectivity index (χ3n) is 2.43. The number of aromatic nitrogens is 1. The van der Waals surface area contributed by atoms with E-state index >= 15 is 0 Å². The Hall–Kier alpha value is -2.21. The molecular formula is C15H15NO2. The molecule has 0 fully saturated rings. The normalized spacial score (nSPS) is 11.2. The standard InChI is InChI=1S/C15H15NO2/c1-5-12-10-11-8-6-7-9-13(11)16(12)14(17)18-15(2,3)4/h1,6-10H,2-4H3. The van der Waals surface area contributed by atoms with Gasteiger partial charge in [-0.25, -0.2) is 9.36 Å². The van der Waals surface area contributed by atoms with Gasteiger partial charge in [0, 0.05) is 5.39 Å². The molecule has 0 unspecified atom stereocenters. The molecule has 2 rings (SSSR count). The number of fused-ring (bicyclic) bond motifs is 1. The van der Waals surface area contributed by atoms with E-state index < -0.39 is 11.7 Å². The number of benzene rings is 1. The molecule has 92 valence electrons. The molecule has 0 saturated heterocycles. The van der Waals surface area contributed by atoms with Gasteiger partial charge in [-0.05, 0) is 32.9 Å². The molecule has 0 bridgehead atoms. The monoisotopic (exact) mass is 241 g/mol. The van der Waals surface area contributed by atoms with Crippen molar-refractivity contribution in [3.63, 3.8) is 0 Å². The van der Waals surface area contributed by atoms with E-state index in [4.69, 9.17) is 11.2 Å². The molecule has 0 aliphatic rings. The van der Waals surface area contributed by atoms with Crippen LogP contribution in [0.4, 0.5) is 4.79 Å². The lowest BCUT2D eigenvalue weighted by Crippen LogP contribution is -2.27. The molecule has 3 nitrogen and oxygen atoms in total. The van der Waals surface area contributed by atoms with Gasteiger partial charge in [-0.3, -0.25) is 0 Å². The third kappa shape index (κ3) is 2.23. The zero-order valence-corrected chi connectivity index (χ0v) is 10.7. The lowest BCUT2D eigenvalue weighted by molar-refractivity contribution is 0.0543. The zero-order valence-electron chi connectivity index (χ0n) is 10.7. The molecule has 2 aromatic rings. The fraction of sp³-hybridized carbons (Fsp3) is 0.267. The number of hydrogen-bond acceptors (Lipinski definition) is 2. The van der Waals surface area contributed by atoms with Crippen LogP contribution in [0.5, 0.6) is 0 Å². The Morgan fingerprint density at radius 1 is 1.33 bits per heavy atom. The topological polar surface area (TPSA) is 31.2 Å². The number of rotatable bonds is 0. The highest BCUT2D eigenvalue weighted by molar-refractivity contribution is 5.92. The SMILES string of the molecule is C#Cc1cc2ccccc2n1C(=O)OC(C)(C)C. The molecule has 18 heavy (non-hydrogen) atoms. The van der Waals surface area contributed by atoms with E-state index in [9.17, 15) is 4.79 Å². The van der Waals surface area contributed by atoms with Crippen molar-refractivity contribution in [3.05, 3.63) is 36.0 Å². The predicted molar refractivity (Wildman–Crippen MR) is 71.5 cm³/mol. The fourth-order valence-corrected chi connectivity index (χ4v) is 1.77. The first-order valence-electron chi connectivity index (χ1n) is 5.73. The van der Waals surface area contributed by atoms with E-state index in [1.807, 2.05) is 45.0 Å². The summed E-state index contributed by atoms with van der Waals surface area (Å²) in [6.45, 7) is 5.48. The molecule has 0 N–H and O–H groups in total. The number of terminal acetylenes is 1. The van der Waals surface area contributed by atoms with Gasteiger partial charge in [-0.2, -0.15) is 0 Å². The van der Waals surface area contributed by atoms with Crippen LogP contribution in [0.15, 0.2) is 30.3 Å². The molecule has 1 aromatic heterocycles. The summed E-state index contributed by atoms with van der Waals surface area (Å²) in [5, 5.41) is 0.927. The molecule has 3 heteroatoms. The summed E-state index contributed by atoms with van der Waals surface area (Å²) in [5.74, 6) is 2.51. The lowest BCUT2D eigenvalue weighted by atomic mass is 10.2. The molecule has 0 atom stereocenters. The molecular weight excluding hydrogens is 226 g/mol. The van der Waals surface area contributed by atoms with Crippen molar-refractivity contribution < 1.29 is 9.53 Å². The fourth-order valence-electron chi connectivity index (χ4n) is 1.77. The van der Waals surface area contributed by atoms with E-state index in [1.165, 1.54) is 4.57 Å². The van der Waals surface area contributed by atoms with Crippen LogP contribution >= 0.6 is 0 Å². The lowest BCUT2D eigenvalue weighted by Gasteiger charge is -2.20. The number of nitrogens with zero attached hydrogens (tertiary/aromatic N) is 1. The highest BCUT2D eigenvalue weighted by atomic mass is 16.6. The third-order valence-corrected chi connectivity index (χ3v) is 2.43. The summed E-state index contributed by atoms with van der Waals surface area (Å²) < 4.78 is 6.79. The number of hydrogen-bond donors (Lipinski definition) is 0. The van der Waals surface area contributed by atoms with E-state index in [0.29, 0.717) is 5.69 Å². The largest absolute Gasteiger partial charge is 0.443 e. The molecule has 0 aliphatic carbocycles. The van der Waals surface area contributed by atoms with Crippen molar-refractivity contribution in [3.8, 4) is 12.3 Å². The molecule has 0 radical (unpaired) electrons. The second-order valence-electron chi connectivity index (χ2n) is 5.05. The first kappa shape index (κ1) is 12.3. The van der Waals surface area contributed by atoms with Crippen molar-refractivity contribution in [1.82, 2.24) is 4.57 Å². The second kappa shape index (κ2) is 4.23. The van der Waals surface area contributed by atoms with E-state index in [1.54, 1.807) is 6.07 Å². The van der Waals surface area contributed by atoms with Crippen LogP contribution < -0.4 is 0 Å². The van der Waals surface area contributed by atoms with Crippen LogP contribution in [0.3, 0.4) is 0 Å². The highest BCUT2D eigenvalue weighted by Crippen LogP contribution is 2.21. The number of ether oxygens (including phenoxy) is 1. The summed E-state index contributed by atoms with van der Waals surface area (Å²) in [6, 6.07) is 9.34. The second-order valence-corrected chi connectivity index (χ2v) is 5.05. The minimum atomic E-state index is -0.547. The zero-order chi connectivity index (χ0) is 13.3. The van der Waals surface area contributed by atoms with Crippen molar-refractivity contribution in [2.45, 2.75) is 26.4 Å². The van der Waals surface area contributed by atoms with Gasteiger partial charge in [0.1, 0.15) is 11.3 Å². The van der Waals surface area contributed by atoms with Crippen LogP contribution in [0, 0.1) is 12.3 Å². The van der Waals surface area contributed by atoms with E-state index in [2.05, 4.69) is 5.92 Å². The van der Waals surface area contributed by atoms with Crippen molar-refractivity contribution in [2.75, 3.05) is 0 Å². The Labute approximate surface area is 106 Å². The van der Waals surface area contributed by atoms with Gasteiger partial charge in [-0.15, -0.1) is 6.42 Å². The van der Waals surface area contributed by atoms with Crippen molar-refractivity contribution in [1.29, 1.82) is 0 Å². The molecule has 0 spiro atoms. The first-order chi connectivity index (χ1) is 8.42. The average molecular weight is 241 g/mol. The Kier molecular flexibility index (Phi) is 2.88. The molecule has 1 heterocycles. The van der Waals surface area contributed by atoms with Crippen LogP contribution in [0.25, 0.3) is 10.9 Å². The smallest absolute Gasteiger partial charge is 0.420 e. The van der Waals surface area contributed by atoms with Gasteiger partial charge >= 0.3 is 6.09 Å².